The molecule has 0 saturated heterocycles. The van der Waals surface area contributed by atoms with Crippen LogP contribution in [0.2, 0.25) is 0 Å². The lowest BCUT2D eigenvalue weighted by Crippen LogP contribution is -2.41. The summed E-state index contributed by atoms with van der Waals surface area (Å²) in [7, 11) is 0. The van der Waals surface area contributed by atoms with E-state index in [0.29, 0.717) is 5.69 Å². The van der Waals surface area contributed by atoms with Crippen molar-refractivity contribution in [2.75, 3.05) is 16.8 Å². The summed E-state index contributed by atoms with van der Waals surface area (Å²) in [6, 6.07) is 7.26. The van der Waals surface area contributed by atoms with Crippen LogP contribution in [0.25, 0.3) is 0 Å². The van der Waals surface area contributed by atoms with Crippen molar-refractivity contribution in [3.05, 3.63) is 48.6 Å². The highest BCUT2D eigenvalue weighted by Gasteiger charge is 2.24. The molecule has 18 heavy (non-hydrogen) atoms. The molecule has 1 aromatic rings. The van der Waals surface area contributed by atoms with E-state index in [-0.39, 0.29) is 18.4 Å². The van der Waals surface area contributed by atoms with Crippen molar-refractivity contribution >= 4 is 23.2 Å². The number of carbonyl (C=O) groups excluding carboxylic acids is 2. The number of para-hydroxylation sites is 2. The van der Waals surface area contributed by atoms with E-state index in [9.17, 15) is 9.59 Å². The Hall–Kier alpha value is -2.36. The summed E-state index contributed by atoms with van der Waals surface area (Å²) < 4.78 is 0. The minimum absolute atomic E-state index is 0.0516. The van der Waals surface area contributed by atoms with Crippen molar-refractivity contribution in [2.45, 2.75) is 6.92 Å². The molecule has 4 nitrogen and oxygen atoms in total. The Labute approximate surface area is 106 Å². The minimum atomic E-state index is -0.199. The normalized spacial score (nSPS) is 14.9. The van der Waals surface area contributed by atoms with Crippen LogP contribution >= 0.6 is 0 Å². The number of nitrogens with one attached hydrogen (secondary N) is 1. The predicted octanol–water partition coefficient (Wildman–Crippen LogP) is 2.10. The molecule has 0 spiro atoms. The lowest BCUT2D eigenvalue weighted by molar-refractivity contribution is -0.119. The zero-order chi connectivity index (χ0) is 13.0. The SMILES string of the molecule is C/C=C/C=C\C(=O)N1CC(=O)Nc2ccccc21. The van der Waals surface area contributed by atoms with E-state index in [1.807, 2.05) is 31.2 Å². The van der Waals surface area contributed by atoms with Gasteiger partial charge in [0.2, 0.25) is 5.91 Å². The van der Waals surface area contributed by atoms with Gasteiger partial charge >= 0.3 is 0 Å². The fourth-order valence-electron chi connectivity index (χ4n) is 1.77. The molecule has 2 rings (SSSR count). The zero-order valence-electron chi connectivity index (χ0n) is 10.1. The molecular weight excluding hydrogens is 228 g/mol. The fourth-order valence-corrected chi connectivity index (χ4v) is 1.77. The number of benzene rings is 1. The Morgan fingerprint density at radius 1 is 1.33 bits per heavy atom. The van der Waals surface area contributed by atoms with Crippen LogP contribution in [0.15, 0.2) is 48.6 Å². The highest BCUT2D eigenvalue weighted by Crippen LogP contribution is 2.28. The number of rotatable bonds is 2. The van der Waals surface area contributed by atoms with E-state index in [1.165, 1.54) is 11.0 Å². The number of allylic oxidation sites excluding steroid dienone is 3. The third kappa shape index (κ3) is 2.48. The third-order valence-corrected chi connectivity index (χ3v) is 2.58. The molecule has 0 atom stereocenters. The van der Waals surface area contributed by atoms with Gasteiger partial charge in [0.1, 0.15) is 6.54 Å². The second-order valence-electron chi connectivity index (χ2n) is 3.87. The van der Waals surface area contributed by atoms with Gasteiger partial charge in [-0.25, -0.2) is 0 Å². The van der Waals surface area contributed by atoms with Crippen molar-refractivity contribution in [3.8, 4) is 0 Å². The Morgan fingerprint density at radius 3 is 2.89 bits per heavy atom. The second kappa shape index (κ2) is 5.31. The first-order chi connectivity index (χ1) is 8.72. The lowest BCUT2D eigenvalue weighted by atomic mass is 10.2. The zero-order valence-corrected chi connectivity index (χ0v) is 10.1. The highest BCUT2D eigenvalue weighted by atomic mass is 16.2. The average molecular weight is 242 g/mol. The standard InChI is InChI=1S/C14H14N2O2/c1-2-3-4-9-14(18)16-10-13(17)15-11-7-5-6-8-12(11)16/h2-9H,10H2,1H3,(H,15,17)/b3-2+,9-4-. The van der Waals surface area contributed by atoms with Crippen molar-refractivity contribution in [3.63, 3.8) is 0 Å². The number of fused-ring (bicyclic) bond motifs is 1. The summed E-state index contributed by atoms with van der Waals surface area (Å²) in [5.41, 5.74) is 1.40. The highest BCUT2D eigenvalue weighted by molar-refractivity contribution is 6.12. The number of hydrogen-bond acceptors (Lipinski definition) is 2. The molecular formula is C14H14N2O2. The van der Waals surface area contributed by atoms with Crippen molar-refractivity contribution < 1.29 is 9.59 Å². The number of carbonyl (C=O) groups is 2. The summed E-state index contributed by atoms with van der Waals surface area (Å²) >= 11 is 0. The fraction of sp³-hybridized carbons (Fsp3) is 0.143. The topological polar surface area (TPSA) is 49.4 Å². The quantitative estimate of drug-likeness (QED) is 0.637. The Balaban J connectivity index is 2.28. The maximum Gasteiger partial charge on any atom is 0.251 e. The van der Waals surface area contributed by atoms with E-state index in [0.717, 1.165) is 5.69 Å². The molecule has 0 aliphatic carbocycles. The lowest BCUT2D eigenvalue weighted by Gasteiger charge is -2.28. The average Bonchev–Trinajstić information content (AvgIpc) is 2.38. The maximum atomic E-state index is 12.0. The van der Waals surface area contributed by atoms with E-state index in [2.05, 4.69) is 5.32 Å². The minimum Gasteiger partial charge on any atom is -0.323 e. The molecule has 0 aromatic heterocycles. The Kier molecular flexibility index (Phi) is 3.57. The Morgan fingerprint density at radius 2 is 2.11 bits per heavy atom. The molecule has 1 N–H and O–H groups in total. The van der Waals surface area contributed by atoms with E-state index in [4.69, 9.17) is 0 Å². The van der Waals surface area contributed by atoms with Gasteiger partial charge in [0.05, 0.1) is 11.4 Å². The van der Waals surface area contributed by atoms with Gasteiger partial charge in [-0.2, -0.15) is 0 Å². The van der Waals surface area contributed by atoms with Gasteiger partial charge in [-0.1, -0.05) is 30.4 Å². The van der Waals surface area contributed by atoms with Crippen LogP contribution < -0.4 is 10.2 Å². The first kappa shape index (κ1) is 12.1. The van der Waals surface area contributed by atoms with E-state index >= 15 is 0 Å². The maximum absolute atomic E-state index is 12.0. The molecule has 0 bridgehead atoms. The number of anilines is 2. The van der Waals surface area contributed by atoms with Gasteiger partial charge in [-0.15, -0.1) is 0 Å². The molecule has 0 saturated carbocycles. The van der Waals surface area contributed by atoms with E-state index in [1.54, 1.807) is 18.2 Å². The smallest absolute Gasteiger partial charge is 0.251 e. The first-order valence-electron chi connectivity index (χ1n) is 5.72. The van der Waals surface area contributed by atoms with Crippen LogP contribution in [0, 0.1) is 0 Å². The van der Waals surface area contributed by atoms with Gasteiger partial charge in [0.25, 0.3) is 5.91 Å². The molecule has 92 valence electrons. The largest absolute Gasteiger partial charge is 0.323 e. The molecule has 1 heterocycles. The van der Waals surface area contributed by atoms with Crippen molar-refractivity contribution in [2.24, 2.45) is 0 Å². The molecule has 1 aliphatic heterocycles. The van der Waals surface area contributed by atoms with Crippen LogP contribution in [0.4, 0.5) is 11.4 Å². The van der Waals surface area contributed by atoms with Gasteiger partial charge in [0.15, 0.2) is 0 Å². The van der Waals surface area contributed by atoms with Gasteiger partial charge in [-0.05, 0) is 19.1 Å². The van der Waals surface area contributed by atoms with Crippen LogP contribution in [-0.2, 0) is 9.59 Å². The molecule has 2 amide bonds. The summed E-state index contributed by atoms with van der Waals surface area (Å²) in [6.07, 6.45) is 6.72. The van der Waals surface area contributed by atoms with Crippen molar-refractivity contribution in [1.29, 1.82) is 0 Å². The van der Waals surface area contributed by atoms with Crippen LogP contribution in [0.3, 0.4) is 0 Å². The first-order valence-corrected chi connectivity index (χ1v) is 5.72. The summed E-state index contributed by atoms with van der Waals surface area (Å²) in [5, 5.41) is 2.74. The summed E-state index contributed by atoms with van der Waals surface area (Å²) in [5.74, 6) is -0.378. The van der Waals surface area contributed by atoms with Crippen LogP contribution in [-0.4, -0.2) is 18.4 Å². The summed E-state index contributed by atoms with van der Waals surface area (Å²) in [4.78, 5) is 25.0. The van der Waals surface area contributed by atoms with Crippen molar-refractivity contribution in [1.82, 2.24) is 0 Å². The van der Waals surface area contributed by atoms with E-state index < -0.39 is 0 Å². The van der Waals surface area contributed by atoms with Gasteiger partial charge in [0, 0.05) is 6.08 Å². The van der Waals surface area contributed by atoms with Crippen LogP contribution in [0.5, 0.6) is 0 Å². The number of amides is 2. The molecule has 4 heteroatoms. The Bertz CT molecular complexity index is 532. The molecule has 1 aliphatic rings. The predicted molar refractivity (Wildman–Crippen MR) is 71.4 cm³/mol. The third-order valence-electron chi connectivity index (χ3n) is 2.58. The molecule has 1 aromatic carbocycles. The monoisotopic (exact) mass is 242 g/mol. The second-order valence-corrected chi connectivity index (χ2v) is 3.87. The molecule has 0 fully saturated rings. The van der Waals surface area contributed by atoms with Crippen LogP contribution in [0.1, 0.15) is 6.92 Å². The molecule has 0 unspecified atom stereocenters. The summed E-state index contributed by atoms with van der Waals surface area (Å²) in [6.45, 7) is 1.93. The molecule has 0 radical (unpaired) electrons. The number of nitrogens with zero attached hydrogens (tertiary/aromatic N) is 1. The van der Waals surface area contributed by atoms with Gasteiger partial charge < -0.3 is 5.32 Å². The van der Waals surface area contributed by atoms with Gasteiger partial charge in [-0.3, -0.25) is 14.5 Å². The number of hydrogen-bond donors (Lipinski definition) is 1.